The van der Waals surface area contributed by atoms with Crippen LogP contribution in [0.25, 0.3) is 0 Å². The SMILES string of the molecule is C[C@H](Oc1ccc(F)cc1)c1nnc(C2(c3cccc(C(F)(F)F)c3)CCOCC2)o1. The van der Waals surface area contributed by atoms with E-state index in [-0.39, 0.29) is 17.6 Å². The Morgan fingerprint density at radius 1 is 1.03 bits per heavy atom. The lowest BCUT2D eigenvalue weighted by atomic mass is 9.73. The molecule has 0 saturated carbocycles. The zero-order valence-electron chi connectivity index (χ0n) is 16.7. The lowest BCUT2D eigenvalue weighted by Gasteiger charge is -2.34. The molecule has 1 saturated heterocycles. The molecule has 0 radical (unpaired) electrons. The quantitative estimate of drug-likeness (QED) is 0.497. The smallest absolute Gasteiger partial charge is 0.416 e. The second kappa shape index (κ2) is 8.30. The Balaban J connectivity index is 1.65. The second-order valence-electron chi connectivity index (χ2n) is 7.43. The van der Waals surface area contributed by atoms with Crippen LogP contribution in [0, 0.1) is 5.82 Å². The van der Waals surface area contributed by atoms with E-state index < -0.39 is 23.3 Å². The Morgan fingerprint density at radius 2 is 1.74 bits per heavy atom. The van der Waals surface area contributed by atoms with E-state index in [1.807, 2.05) is 0 Å². The summed E-state index contributed by atoms with van der Waals surface area (Å²) >= 11 is 0. The first-order valence-electron chi connectivity index (χ1n) is 9.79. The highest BCUT2D eigenvalue weighted by molar-refractivity contribution is 5.36. The van der Waals surface area contributed by atoms with E-state index in [0.29, 0.717) is 37.4 Å². The fourth-order valence-corrected chi connectivity index (χ4v) is 3.70. The van der Waals surface area contributed by atoms with E-state index in [4.69, 9.17) is 13.9 Å². The molecule has 0 unspecified atom stereocenters. The van der Waals surface area contributed by atoms with E-state index >= 15 is 0 Å². The summed E-state index contributed by atoms with van der Waals surface area (Å²) in [4.78, 5) is 0. The first-order chi connectivity index (χ1) is 14.8. The number of aromatic nitrogens is 2. The van der Waals surface area contributed by atoms with E-state index in [1.54, 1.807) is 13.0 Å². The molecule has 1 aliphatic heterocycles. The molecular weight excluding hydrogens is 416 g/mol. The molecule has 0 amide bonds. The Kier molecular flexibility index (Phi) is 5.70. The van der Waals surface area contributed by atoms with Crippen LogP contribution in [-0.2, 0) is 16.3 Å². The molecule has 0 aliphatic carbocycles. The average Bonchev–Trinajstić information content (AvgIpc) is 3.26. The Hall–Kier alpha value is -2.94. The van der Waals surface area contributed by atoms with E-state index in [0.717, 1.165) is 12.1 Å². The minimum Gasteiger partial charge on any atom is -0.481 e. The summed E-state index contributed by atoms with van der Waals surface area (Å²) in [5.74, 6) is 0.437. The summed E-state index contributed by atoms with van der Waals surface area (Å²) in [6.07, 6.45) is -4.28. The van der Waals surface area contributed by atoms with Crippen LogP contribution in [0.15, 0.2) is 52.9 Å². The van der Waals surface area contributed by atoms with Crippen molar-refractivity contribution in [2.24, 2.45) is 0 Å². The van der Waals surface area contributed by atoms with Gasteiger partial charge in [0.05, 0.1) is 11.0 Å². The summed E-state index contributed by atoms with van der Waals surface area (Å²) in [7, 11) is 0. The first-order valence-corrected chi connectivity index (χ1v) is 9.79. The van der Waals surface area contributed by atoms with Crippen LogP contribution >= 0.6 is 0 Å². The molecular formula is C22H20F4N2O3. The maximum Gasteiger partial charge on any atom is 0.416 e. The summed E-state index contributed by atoms with van der Waals surface area (Å²) in [5, 5.41) is 8.23. The van der Waals surface area contributed by atoms with Gasteiger partial charge in [-0.05, 0) is 55.7 Å². The Morgan fingerprint density at radius 3 is 2.42 bits per heavy atom. The number of nitrogens with zero attached hydrogens (tertiary/aromatic N) is 2. The van der Waals surface area contributed by atoms with Gasteiger partial charge in [0.1, 0.15) is 11.6 Å². The Labute approximate surface area is 176 Å². The molecule has 0 N–H and O–H groups in total. The van der Waals surface area contributed by atoms with Crippen LogP contribution in [0.3, 0.4) is 0 Å². The third-order valence-corrected chi connectivity index (χ3v) is 5.41. The van der Waals surface area contributed by atoms with Crippen molar-refractivity contribution in [3.8, 4) is 5.75 Å². The number of halogens is 4. The number of hydrogen-bond acceptors (Lipinski definition) is 5. The molecule has 2 heterocycles. The van der Waals surface area contributed by atoms with Crippen molar-refractivity contribution < 1.29 is 31.5 Å². The zero-order chi connectivity index (χ0) is 22.1. The van der Waals surface area contributed by atoms with Gasteiger partial charge in [-0.15, -0.1) is 10.2 Å². The number of alkyl halides is 3. The molecule has 1 aliphatic rings. The van der Waals surface area contributed by atoms with Crippen LogP contribution in [0.4, 0.5) is 17.6 Å². The standard InChI is InChI=1S/C22H20F4N2O3/c1-14(30-18-7-5-17(23)6-8-18)19-27-28-20(31-19)21(9-11-29-12-10-21)15-3-2-4-16(13-15)22(24,25)26/h2-8,13-14H,9-12H2,1H3/t14-/m0/s1. The summed E-state index contributed by atoms with van der Waals surface area (Å²) in [6, 6.07) is 10.7. The molecule has 0 spiro atoms. The van der Waals surface area contributed by atoms with Gasteiger partial charge in [0.25, 0.3) is 5.89 Å². The molecule has 164 valence electrons. The number of hydrogen-bond donors (Lipinski definition) is 0. The molecule has 9 heteroatoms. The summed E-state index contributed by atoms with van der Waals surface area (Å²) in [6.45, 7) is 2.41. The number of rotatable bonds is 5. The second-order valence-corrected chi connectivity index (χ2v) is 7.43. The molecule has 1 aromatic heterocycles. The number of ether oxygens (including phenoxy) is 2. The van der Waals surface area contributed by atoms with Crippen LogP contribution in [0.2, 0.25) is 0 Å². The largest absolute Gasteiger partial charge is 0.481 e. The third kappa shape index (κ3) is 4.41. The highest BCUT2D eigenvalue weighted by Crippen LogP contribution is 2.42. The fourth-order valence-electron chi connectivity index (χ4n) is 3.70. The van der Waals surface area contributed by atoms with Crippen LogP contribution in [-0.4, -0.2) is 23.4 Å². The third-order valence-electron chi connectivity index (χ3n) is 5.41. The highest BCUT2D eigenvalue weighted by Gasteiger charge is 2.43. The van der Waals surface area contributed by atoms with Crippen molar-refractivity contribution in [2.45, 2.75) is 37.5 Å². The predicted molar refractivity (Wildman–Crippen MR) is 102 cm³/mol. The molecule has 3 aromatic rings. The van der Waals surface area contributed by atoms with Gasteiger partial charge in [-0.2, -0.15) is 13.2 Å². The van der Waals surface area contributed by atoms with Gasteiger partial charge in [-0.1, -0.05) is 18.2 Å². The van der Waals surface area contributed by atoms with Crippen LogP contribution < -0.4 is 4.74 Å². The maximum absolute atomic E-state index is 13.3. The normalized spacial score (nSPS) is 17.3. The van der Waals surface area contributed by atoms with Crippen molar-refractivity contribution in [3.63, 3.8) is 0 Å². The Bertz CT molecular complexity index is 1030. The van der Waals surface area contributed by atoms with Crippen LogP contribution in [0.1, 0.15) is 48.8 Å². The van der Waals surface area contributed by atoms with Gasteiger partial charge in [0.15, 0.2) is 6.10 Å². The first kappa shape index (κ1) is 21.3. The predicted octanol–water partition coefficient (Wildman–Crippen LogP) is 5.46. The molecule has 1 atom stereocenters. The molecule has 5 nitrogen and oxygen atoms in total. The van der Waals surface area contributed by atoms with E-state index in [1.165, 1.54) is 30.3 Å². The molecule has 0 bridgehead atoms. The van der Waals surface area contributed by atoms with Crippen molar-refractivity contribution in [2.75, 3.05) is 13.2 Å². The van der Waals surface area contributed by atoms with Crippen molar-refractivity contribution in [1.29, 1.82) is 0 Å². The summed E-state index contributed by atoms with van der Waals surface area (Å²) < 4.78 is 70.0. The van der Waals surface area contributed by atoms with Crippen molar-refractivity contribution >= 4 is 0 Å². The minimum absolute atomic E-state index is 0.178. The van der Waals surface area contributed by atoms with E-state index in [2.05, 4.69) is 10.2 Å². The topological polar surface area (TPSA) is 57.4 Å². The van der Waals surface area contributed by atoms with E-state index in [9.17, 15) is 17.6 Å². The van der Waals surface area contributed by atoms with Gasteiger partial charge in [0, 0.05) is 13.2 Å². The average molecular weight is 436 g/mol. The summed E-state index contributed by atoms with van der Waals surface area (Å²) in [5.41, 5.74) is -1.17. The molecule has 31 heavy (non-hydrogen) atoms. The zero-order valence-corrected chi connectivity index (χ0v) is 16.7. The van der Waals surface area contributed by atoms with Gasteiger partial charge in [-0.3, -0.25) is 0 Å². The van der Waals surface area contributed by atoms with Gasteiger partial charge >= 0.3 is 6.18 Å². The molecule has 4 rings (SSSR count). The molecule has 2 aromatic carbocycles. The lowest BCUT2D eigenvalue weighted by Crippen LogP contribution is -2.35. The lowest BCUT2D eigenvalue weighted by molar-refractivity contribution is -0.137. The number of benzene rings is 2. The van der Waals surface area contributed by atoms with Gasteiger partial charge in [0.2, 0.25) is 5.89 Å². The monoisotopic (exact) mass is 436 g/mol. The highest BCUT2D eigenvalue weighted by atomic mass is 19.4. The maximum atomic E-state index is 13.3. The van der Waals surface area contributed by atoms with Crippen LogP contribution in [0.5, 0.6) is 5.75 Å². The van der Waals surface area contributed by atoms with Gasteiger partial charge in [-0.25, -0.2) is 4.39 Å². The fraction of sp³-hybridized carbons (Fsp3) is 0.364. The van der Waals surface area contributed by atoms with Crippen molar-refractivity contribution in [1.82, 2.24) is 10.2 Å². The van der Waals surface area contributed by atoms with Crippen molar-refractivity contribution in [3.05, 3.63) is 77.3 Å². The molecule has 1 fully saturated rings. The van der Waals surface area contributed by atoms with Gasteiger partial charge < -0.3 is 13.9 Å². The minimum atomic E-state index is -4.46.